The molecule has 2 unspecified atom stereocenters. The van der Waals surface area contributed by atoms with Gasteiger partial charge in [0, 0.05) is 5.33 Å². The maximum absolute atomic E-state index is 11.3. The van der Waals surface area contributed by atoms with Gasteiger partial charge in [0.15, 0.2) is 0 Å². The third-order valence-corrected chi connectivity index (χ3v) is 5.32. The van der Waals surface area contributed by atoms with E-state index in [-0.39, 0.29) is 0 Å². The Morgan fingerprint density at radius 2 is 1.57 bits per heavy atom. The van der Waals surface area contributed by atoms with Crippen molar-refractivity contribution in [2.75, 3.05) is 19.5 Å². The van der Waals surface area contributed by atoms with Crippen LogP contribution in [0.25, 0.3) is 0 Å². The second-order valence-electron chi connectivity index (χ2n) is 3.06. The molecule has 1 aliphatic rings. The van der Waals surface area contributed by atoms with Crippen molar-refractivity contribution in [1.29, 1.82) is 0 Å². The quantitative estimate of drug-likeness (QED) is 0.575. The van der Waals surface area contributed by atoms with E-state index >= 15 is 0 Å². The summed E-state index contributed by atoms with van der Waals surface area (Å²) in [6.07, 6.45) is 0. The van der Waals surface area contributed by atoms with Gasteiger partial charge >= 0.3 is 11.9 Å². The molecule has 0 aromatic rings. The van der Waals surface area contributed by atoms with Crippen LogP contribution < -0.4 is 0 Å². The fourth-order valence-corrected chi connectivity index (χ4v) is 2.96. The summed E-state index contributed by atoms with van der Waals surface area (Å²) in [5, 5.41) is 0.500. The maximum Gasteiger partial charge on any atom is 0.311 e. The highest BCUT2D eigenvalue weighted by Gasteiger charge is 2.71. The van der Waals surface area contributed by atoms with E-state index in [9.17, 15) is 9.59 Å². The molecule has 0 heterocycles. The zero-order valence-electron chi connectivity index (χ0n) is 7.75. The van der Waals surface area contributed by atoms with Gasteiger partial charge in [-0.3, -0.25) is 9.59 Å². The first kappa shape index (κ1) is 12.0. The summed E-state index contributed by atoms with van der Waals surface area (Å²) in [7, 11) is 2.60. The largest absolute Gasteiger partial charge is 0.469 e. The Morgan fingerprint density at radius 3 is 1.79 bits per heavy atom. The van der Waals surface area contributed by atoms with Crippen LogP contribution in [0.15, 0.2) is 0 Å². The van der Waals surface area contributed by atoms with Crippen LogP contribution in [0.5, 0.6) is 0 Å². The highest BCUT2D eigenvalue weighted by Crippen LogP contribution is 2.59. The molecule has 0 saturated heterocycles. The van der Waals surface area contributed by atoms with E-state index in [0.29, 0.717) is 5.33 Å². The Balaban J connectivity index is 2.79. The van der Waals surface area contributed by atoms with Crippen LogP contribution in [-0.2, 0) is 19.1 Å². The van der Waals surface area contributed by atoms with E-state index in [4.69, 9.17) is 0 Å². The topological polar surface area (TPSA) is 52.6 Å². The minimum absolute atomic E-state index is 0.392. The first-order valence-electron chi connectivity index (χ1n) is 3.93. The molecule has 80 valence electrons. The predicted octanol–water partition coefficient (Wildman–Crippen LogP) is 1.11. The zero-order valence-corrected chi connectivity index (χ0v) is 10.9. The van der Waals surface area contributed by atoms with Crippen molar-refractivity contribution in [3.8, 4) is 0 Å². The average Bonchev–Trinajstić information content (AvgIpc) is 2.83. The second-order valence-corrected chi connectivity index (χ2v) is 5.10. The summed E-state index contributed by atoms with van der Waals surface area (Å²) < 4.78 is 8.65. The Hall–Kier alpha value is -0.100. The first-order chi connectivity index (χ1) is 6.52. The van der Waals surface area contributed by atoms with E-state index in [1.165, 1.54) is 14.2 Å². The number of rotatable bonds is 3. The van der Waals surface area contributed by atoms with Crippen LogP contribution in [0.2, 0.25) is 0 Å². The normalized spacial score (nSPS) is 34.9. The Bertz CT molecular complexity index is 244. The smallest absolute Gasteiger partial charge is 0.311 e. The fourth-order valence-electron chi connectivity index (χ4n) is 1.49. The third-order valence-electron chi connectivity index (χ3n) is 2.37. The molecular weight excluding hydrogens is 320 g/mol. The van der Waals surface area contributed by atoms with Crippen LogP contribution in [0.1, 0.15) is 0 Å². The number of methoxy groups -OCH3 is 2. The van der Waals surface area contributed by atoms with Crippen molar-refractivity contribution in [2.45, 2.75) is 4.32 Å². The lowest BCUT2D eigenvalue weighted by molar-refractivity contribution is -0.148. The van der Waals surface area contributed by atoms with Crippen LogP contribution in [0.4, 0.5) is 0 Å². The summed E-state index contributed by atoms with van der Waals surface area (Å²) in [5.41, 5.74) is 0. The highest BCUT2D eigenvalue weighted by molar-refractivity contribution is 9.12. The van der Waals surface area contributed by atoms with Gasteiger partial charge in [0.1, 0.15) is 0 Å². The van der Waals surface area contributed by atoms with Gasteiger partial charge in [-0.05, 0) is 0 Å². The number of ether oxygens (including phenoxy) is 2. The lowest BCUT2D eigenvalue weighted by Gasteiger charge is -2.02. The SMILES string of the molecule is COC(=O)C1C(C(=O)OC)C1(Br)CBr. The van der Waals surface area contributed by atoms with Gasteiger partial charge in [0.25, 0.3) is 0 Å². The summed E-state index contributed by atoms with van der Waals surface area (Å²) in [6.45, 7) is 0. The molecule has 1 fully saturated rings. The van der Waals surface area contributed by atoms with Crippen LogP contribution >= 0.6 is 31.9 Å². The molecule has 0 bridgehead atoms. The molecule has 6 heteroatoms. The van der Waals surface area contributed by atoms with Gasteiger partial charge in [0.2, 0.25) is 0 Å². The molecule has 0 aliphatic heterocycles. The number of hydrogen-bond acceptors (Lipinski definition) is 4. The molecule has 0 N–H and O–H groups in total. The lowest BCUT2D eigenvalue weighted by Crippen LogP contribution is -2.13. The molecule has 0 spiro atoms. The van der Waals surface area contributed by atoms with E-state index in [1.54, 1.807) is 0 Å². The predicted molar refractivity (Wildman–Crippen MR) is 56.5 cm³/mol. The van der Waals surface area contributed by atoms with Gasteiger partial charge in [-0.15, -0.1) is 0 Å². The zero-order chi connectivity index (χ0) is 10.9. The van der Waals surface area contributed by atoms with Gasteiger partial charge in [-0.25, -0.2) is 0 Å². The second kappa shape index (κ2) is 4.18. The minimum Gasteiger partial charge on any atom is -0.469 e. The number of esters is 2. The molecule has 0 radical (unpaired) electrons. The van der Waals surface area contributed by atoms with E-state index < -0.39 is 28.1 Å². The number of carbonyl (C=O) groups excluding carboxylic acids is 2. The Morgan fingerprint density at radius 1 is 1.21 bits per heavy atom. The molecule has 0 amide bonds. The Labute approximate surface area is 98.6 Å². The molecule has 1 aliphatic carbocycles. The van der Waals surface area contributed by atoms with Crippen molar-refractivity contribution in [3.05, 3.63) is 0 Å². The molecule has 14 heavy (non-hydrogen) atoms. The summed E-state index contributed by atoms with van der Waals surface area (Å²) in [4.78, 5) is 22.6. The lowest BCUT2D eigenvalue weighted by atomic mass is 10.3. The summed E-state index contributed by atoms with van der Waals surface area (Å²) >= 11 is 6.60. The molecule has 4 nitrogen and oxygen atoms in total. The number of hydrogen-bond donors (Lipinski definition) is 0. The van der Waals surface area contributed by atoms with Gasteiger partial charge in [-0.2, -0.15) is 0 Å². The Kier molecular flexibility index (Phi) is 3.58. The molecule has 1 rings (SSSR count). The molecular formula is C8H10Br2O4. The van der Waals surface area contributed by atoms with Crippen LogP contribution in [0.3, 0.4) is 0 Å². The van der Waals surface area contributed by atoms with Crippen molar-refractivity contribution in [2.24, 2.45) is 11.8 Å². The van der Waals surface area contributed by atoms with Crippen molar-refractivity contribution < 1.29 is 19.1 Å². The summed E-state index contributed by atoms with van der Waals surface area (Å²) in [6, 6.07) is 0. The molecule has 1 saturated carbocycles. The monoisotopic (exact) mass is 328 g/mol. The van der Waals surface area contributed by atoms with Crippen LogP contribution in [0, 0.1) is 11.8 Å². The number of alkyl halides is 2. The van der Waals surface area contributed by atoms with Gasteiger partial charge < -0.3 is 9.47 Å². The number of carbonyl (C=O) groups is 2. The van der Waals surface area contributed by atoms with E-state index in [2.05, 4.69) is 41.3 Å². The van der Waals surface area contributed by atoms with Gasteiger partial charge in [-0.1, -0.05) is 31.9 Å². The highest BCUT2D eigenvalue weighted by atomic mass is 79.9. The average molecular weight is 330 g/mol. The van der Waals surface area contributed by atoms with Crippen molar-refractivity contribution >= 4 is 43.8 Å². The molecule has 2 atom stereocenters. The van der Waals surface area contributed by atoms with Crippen molar-refractivity contribution in [1.82, 2.24) is 0 Å². The maximum atomic E-state index is 11.3. The minimum atomic E-state index is -0.548. The van der Waals surface area contributed by atoms with E-state index in [1.807, 2.05) is 0 Å². The van der Waals surface area contributed by atoms with Gasteiger partial charge in [0.05, 0.1) is 30.4 Å². The van der Waals surface area contributed by atoms with Crippen LogP contribution in [-0.4, -0.2) is 35.8 Å². The third kappa shape index (κ3) is 1.69. The van der Waals surface area contributed by atoms with Crippen molar-refractivity contribution in [3.63, 3.8) is 0 Å². The van der Waals surface area contributed by atoms with E-state index in [0.717, 1.165) is 0 Å². The standard InChI is InChI=1S/C8H10Br2O4/c1-13-6(11)4-5(7(12)14-2)8(4,10)3-9/h4-5H,3H2,1-2H3. The first-order valence-corrected chi connectivity index (χ1v) is 5.85. The number of halogens is 2. The summed E-state index contributed by atoms with van der Waals surface area (Å²) in [5.74, 6) is -1.70. The fraction of sp³-hybridized carbons (Fsp3) is 0.750. The molecule has 0 aromatic carbocycles. The molecule has 0 aromatic heterocycles.